The molecule has 0 bridgehead atoms. The zero-order chi connectivity index (χ0) is 14.2. The highest BCUT2D eigenvalue weighted by atomic mass is 35.5. The van der Waals surface area contributed by atoms with E-state index in [-0.39, 0.29) is 17.6 Å². The number of aliphatic hydroxyl groups excluding tert-OH is 1. The second-order valence-corrected chi connectivity index (χ2v) is 6.08. The summed E-state index contributed by atoms with van der Waals surface area (Å²) in [5.74, 6) is -0.482. The molecular weight excluding hydrogens is 264 g/mol. The largest absolute Gasteiger partial charge is 0.392 e. The van der Waals surface area contributed by atoms with Crippen molar-refractivity contribution in [2.24, 2.45) is 11.1 Å². The summed E-state index contributed by atoms with van der Waals surface area (Å²) < 4.78 is 0. The Kier molecular flexibility index (Phi) is 3.85. The number of nitrogens with two attached hydrogens (primary N) is 1. The van der Waals surface area contributed by atoms with Crippen LogP contribution in [0.15, 0.2) is 18.2 Å². The van der Waals surface area contributed by atoms with Gasteiger partial charge in [-0.25, -0.2) is 0 Å². The summed E-state index contributed by atoms with van der Waals surface area (Å²) in [4.78, 5) is 11.0. The first-order valence-corrected chi connectivity index (χ1v) is 6.70. The van der Waals surface area contributed by atoms with Crippen LogP contribution in [-0.4, -0.2) is 23.2 Å². The van der Waals surface area contributed by atoms with E-state index in [4.69, 9.17) is 17.3 Å². The lowest BCUT2D eigenvalue weighted by Gasteiger charge is -2.49. The summed E-state index contributed by atoms with van der Waals surface area (Å²) in [7, 11) is 0. The van der Waals surface area contributed by atoms with Crippen LogP contribution in [0.5, 0.6) is 0 Å². The minimum Gasteiger partial charge on any atom is -0.392 e. The molecule has 1 amide bonds. The summed E-state index contributed by atoms with van der Waals surface area (Å²) >= 11 is 6.12. The molecule has 1 aromatic carbocycles. The van der Waals surface area contributed by atoms with Gasteiger partial charge in [-0.15, -0.1) is 0 Å². The highest BCUT2D eigenvalue weighted by molar-refractivity contribution is 6.31. The van der Waals surface area contributed by atoms with Crippen molar-refractivity contribution in [3.63, 3.8) is 0 Å². The maximum atomic E-state index is 11.0. The van der Waals surface area contributed by atoms with Gasteiger partial charge in [0.15, 0.2) is 0 Å². The normalized spacial score (nSPS) is 24.8. The standard InChI is InChI=1S/C14H19ClN2O2/c1-14(2)11(6-12(14)18)17-7-9-4-3-8(13(16)19)5-10(9)15/h3-5,11-12,17-18H,6-7H2,1-2H3,(H2,16,19). The quantitative estimate of drug-likeness (QED) is 0.787. The highest BCUT2D eigenvalue weighted by Gasteiger charge is 2.46. The van der Waals surface area contributed by atoms with E-state index in [1.54, 1.807) is 18.2 Å². The lowest BCUT2D eigenvalue weighted by atomic mass is 9.64. The van der Waals surface area contributed by atoms with Gasteiger partial charge in [0.05, 0.1) is 6.10 Å². The molecule has 1 aliphatic carbocycles. The number of primary amides is 1. The number of halogens is 1. The Hall–Kier alpha value is -1.10. The minimum atomic E-state index is -0.482. The van der Waals surface area contributed by atoms with Crippen LogP contribution >= 0.6 is 11.6 Å². The fourth-order valence-corrected chi connectivity index (χ4v) is 2.57. The van der Waals surface area contributed by atoms with E-state index in [1.807, 2.05) is 13.8 Å². The Morgan fingerprint density at radius 3 is 2.74 bits per heavy atom. The predicted molar refractivity (Wildman–Crippen MR) is 75.0 cm³/mol. The maximum absolute atomic E-state index is 11.0. The molecule has 0 aromatic heterocycles. The summed E-state index contributed by atoms with van der Waals surface area (Å²) in [5.41, 5.74) is 6.41. The Balaban J connectivity index is 1.99. The predicted octanol–water partition coefficient (Wildman–Crippen LogP) is 1.69. The SMILES string of the molecule is CC1(C)C(O)CC1NCc1ccc(C(N)=O)cc1Cl. The molecule has 0 aliphatic heterocycles. The molecule has 1 fully saturated rings. The molecule has 0 saturated heterocycles. The van der Waals surface area contributed by atoms with E-state index < -0.39 is 5.91 Å². The van der Waals surface area contributed by atoms with Crippen LogP contribution in [0.2, 0.25) is 5.02 Å². The lowest BCUT2D eigenvalue weighted by molar-refractivity contribution is -0.0729. The number of amides is 1. The molecule has 4 N–H and O–H groups in total. The van der Waals surface area contributed by atoms with Gasteiger partial charge in [0.1, 0.15) is 0 Å². The molecule has 104 valence electrons. The smallest absolute Gasteiger partial charge is 0.248 e. The van der Waals surface area contributed by atoms with Gasteiger partial charge in [0.25, 0.3) is 0 Å². The van der Waals surface area contributed by atoms with Crippen LogP contribution in [0.3, 0.4) is 0 Å². The monoisotopic (exact) mass is 282 g/mol. The van der Waals surface area contributed by atoms with Gasteiger partial charge >= 0.3 is 0 Å². The minimum absolute atomic E-state index is 0.111. The molecule has 2 rings (SSSR count). The van der Waals surface area contributed by atoms with Crippen molar-refractivity contribution in [3.05, 3.63) is 34.3 Å². The van der Waals surface area contributed by atoms with Crippen molar-refractivity contribution in [1.82, 2.24) is 5.32 Å². The second kappa shape index (κ2) is 5.12. The van der Waals surface area contributed by atoms with Crippen LogP contribution < -0.4 is 11.1 Å². The zero-order valence-electron chi connectivity index (χ0n) is 11.1. The number of rotatable bonds is 4. The fourth-order valence-electron chi connectivity index (χ4n) is 2.33. The Bertz CT molecular complexity index is 502. The highest BCUT2D eigenvalue weighted by Crippen LogP contribution is 2.40. The lowest BCUT2D eigenvalue weighted by Crippen LogP contribution is -2.59. The van der Waals surface area contributed by atoms with Gasteiger partial charge < -0.3 is 16.2 Å². The topological polar surface area (TPSA) is 75.3 Å². The number of aliphatic hydroxyl groups is 1. The van der Waals surface area contributed by atoms with E-state index in [9.17, 15) is 9.90 Å². The molecule has 0 radical (unpaired) electrons. The number of benzene rings is 1. The molecular formula is C14H19ClN2O2. The van der Waals surface area contributed by atoms with Gasteiger partial charge in [-0.2, -0.15) is 0 Å². The van der Waals surface area contributed by atoms with Gasteiger partial charge in [-0.05, 0) is 24.1 Å². The van der Waals surface area contributed by atoms with Crippen molar-refractivity contribution in [3.8, 4) is 0 Å². The molecule has 2 unspecified atom stereocenters. The van der Waals surface area contributed by atoms with Crippen LogP contribution in [0.25, 0.3) is 0 Å². The van der Waals surface area contributed by atoms with E-state index >= 15 is 0 Å². The zero-order valence-corrected chi connectivity index (χ0v) is 11.9. The average molecular weight is 283 g/mol. The average Bonchev–Trinajstić information content (AvgIpc) is 2.35. The third kappa shape index (κ3) is 2.76. The first kappa shape index (κ1) is 14.3. The molecule has 1 aromatic rings. The van der Waals surface area contributed by atoms with Crippen LogP contribution in [0.1, 0.15) is 36.2 Å². The first-order chi connectivity index (χ1) is 8.82. The van der Waals surface area contributed by atoms with Crippen molar-refractivity contribution >= 4 is 17.5 Å². The second-order valence-electron chi connectivity index (χ2n) is 5.68. The number of hydrogen-bond acceptors (Lipinski definition) is 3. The molecule has 5 heteroatoms. The summed E-state index contributed by atoms with van der Waals surface area (Å²) in [6.07, 6.45) is 0.502. The van der Waals surface area contributed by atoms with Gasteiger partial charge in [-0.1, -0.05) is 31.5 Å². The Morgan fingerprint density at radius 1 is 1.58 bits per heavy atom. The third-order valence-electron chi connectivity index (χ3n) is 4.09. The van der Waals surface area contributed by atoms with E-state index in [1.165, 1.54) is 0 Å². The van der Waals surface area contributed by atoms with E-state index in [0.717, 1.165) is 12.0 Å². The number of carbonyl (C=O) groups excluding carboxylic acids is 1. The molecule has 1 saturated carbocycles. The van der Waals surface area contributed by atoms with Crippen molar-refractivity contribution < 1.29 is 9.90 Å². The fraction of sp³-hybridized carbons (Fsp3) is 0.500. The van der Waals surface area contributed by atoms with Crippen molar-refractivity contribution in [2.45, 2.75) is 39.0 Å². The van der Waals surface area contributed by atoms with Crippen molar-refractivity contribution in [1.29, 1.82) is 0 Å². The molecule has 19 heavy (non-hydrogen) atoms. The third-order valence-corrected chi connectivity index (χ3v) is 4.44. The number of hydrogen-bond donors (Lipinski definition) is 3. The van der Waals surface area contributed by atoms with Crippen LogP contribution in [0.4, 0.5) is 0 Å². The van der Waals surface area contributed by atoms with Crippen molar-refractivity contribution in [2.75, 3.05) is 0 Å². The van der Waals surface area contributed by atoms with E-state index in [2.05, 4.69) is 5.32 Å². The first-order valence-electron chi connectivity index (χ1n) is 6.32. The Labute approximate surface area is 117 Å². The maximum Gasteiger partial charge on any atom is 0.248 e. The Morgan fingerprint density at radius 2 is 2.26 bits per heavy atom. The van der Waals surface area contributed by atoms with Gasteiger partial charge in [0, 0.05) is 28.6 Å². The molecule has 4 nitrogen and oxygen atoms in total. The van der Waals surface area contributed by atoms with Crippen LogP contribution in [0, 0.1) is 5.41 Å². The van der Waals surface area contributed by atoms with Gasteiger partial charge in [-0.3, -0.25) is 4.79 Å². The molecule has 0 spiro atoms. The van der Waals surface area contributed by atoms with Crippen LogP contribution in [-0.2, 0) is 6.54 Å². The molecule has 2 atom stereocenters. The summed E-state index contributed by atoms with van der Waals surface area (Å²) in [6.45, 7) is 4.69. The number of nitrogens with one attached hydrogen (secondary N) is 1. The summed E-state index contributed by atoms with van der Waals surface area (Å²) in [5, 5.41) is 13.6. The summed E-state index contributed by atoms with van der Waals surface area (Å²) in [6, 6.07) is 5.33. The van der Waals surface area contributed by atoms with Gasteiger partial charge in [0.2, 0.25) is 5.91 Å². The van der Waals surface area contributed by atoms with E-state index in [0.29, 0.717) is 17.1 Å². The molecule has 1 aliphatic rings. The number of carbonyl (C=O) groups is 1. The molecule has 0 heterocycles.